The summed E-state index contributed by atoms with van der Waals surface area (Å²) >= 11 is 0. The van der Waals surface area contributed by atoms with Crippen LogP contribution in [0.2, 0.25) is 0 Å². The van der Waals surface area contributed by atoms with E-state index < -0.39 is 0 Å². The molecule has 18 N–H and O–H groups in total. The van der Waals surface area contributed by atoms with Gasteiger partial charge in [0.05, 0.1) is 43.1 Å². The van der Waals surface area contributed by atoms with E-state index >= 15 is 0 Å². The van der Waals surface area contributed by atoms with Gasteiger partial charge >= 0.3 is 0 Å². The number of piperazine rings is 1. The first-order valence-corrected chi connectivity index (χ1v) is 59.9. The van der Waals surface area contributed by atoms with Crippen molar-refractivity contribution in [2.75, 3.05) is 193 Å². The van der Waals surface area contributed by atoms with E-state index in [0.717, 1.165) is 205 Å². The van der Waals surface area contributed by atoms with E-state index in [9.17, 15) is 0 Å². The standard InChI is InChI=1S/2C12H25N.C9H20N2.C9H19NO.2C9H21N.C8H16N2.C8H18N2.C8H19N.C7H16N2.2C7H17N.C6H15N3.C6H14N2.C4H10/c2*1-11(2)7-6-10-13-12-8-4-3-5-9-12;1-9(2)3-6-11-7-4-10-5-8-11;1-9(2)3-4-10-5-7-11-8-6-10;1-9(2)7-5-6-8-10(3)4;1-5-10(6-2)8-7-9(3)4;1-7(2)3-4-8-9-5-6-10-8;1-7(2)5-6-8(9-3)10-4;1-8(2)6-5-7-9(3)4;1-6(2)4-5-7(8)9-3;2*1-7(2)5-3-4-6-8;1-5(2)3-4-9-6(7)8;1-5(2)3-4-6(7)8;1-4(2)3/h2*11-13H,3-10H2,1-2H3;9-10H,3-8H2,1-2H3;9H,3-8H2,1-2H3;2*9H,5-8H2,1-4H3;7H,3-6H2,1-2H3,(H,9,10);7H,5-6H2,1-4H3,(H,9,10);8H,5-7H2,1-4H3;6H,4-5H2,1-3H3,(H2,8,9);2*7H,3-6,8H2,1-2H3;5H,3-4H2,1-2H3,(H4,7,8,9);5H,3-4H2,1-2H3,(H3,7,8);4H,1-3H3. The first-order valence-electron chi connectivity index (χ1n) is 59.9. The number of hydrogen-bond donors (Lipinski definition) is 12. The number of amidine groups is 4. The fourth-order valence-electron chi connectivity index (χ4n) is 14.3. The molecule has 0 aromatic carbocycles. The molecule has 0 radical (unpaired) electrons. The van der Waals surface area contributed by atoms with Crippen LogP contribution in [0.25, 0.3) is 0 Å². The Labute approximate surface area is 900 Å². The summed E-state index contributed by atoms with van der Waals surface area (Å²) in [7, 11) is 14.0. The molecule has 0 spiro atoms. The molecule has 5 aliphatic rings. The van der Waals surface area contributed by atoms with Gasteiger partial charge in [-0.1, -0.05) is 306 Å². The third-order valence-electron chi connectivity index (χ3n) is 24.2. The largest absolute Gasteiger partial charge is 0.388 e. The van der Waals surface area contributed by atoms with E-state index in [1.54, 1.807) is 7.05 Å². The summed E-state index contributed by atoms with van der Waals surface area (Å²) in [4.78, 5) is 28.1. The van der Waals surface area contributed by atoms with Crippen LogP contribution in [0.15, 0.2) is 20.0 Å². The lowest BCUT2D eigenvalue weighted by molar-refractivity contribution is 0.0360. The lowest BCUT2D eigenvalue weighted by Gasteiger charge is -2.27. The molecule has 2 aliphatic carbocycles. The van der Waals surface area contributed by atoms with Crippen LogP contribution >= 0.6 is 0 Å². The van der Waals surface area contributed by atoms with Crippen molar-refractivity contribution < 1.29 is 4.74 Å². The third kappa shape index (κ3) is 169. The van der Waals surface area contributed by atoms with E-state index in [4.69, 9.17) is 44.5 Å². The summed E-state index contributed by atoms with van der Waals surface area (Å²) in [6, 6.07) is 1.70. The second kappa shape index (κ2) is 122. The zero-order valence-electron chi connectivity index (χ0n) is 105. The highest BCUT2D eigenvalue weighted by molar-refractivity contribution is 5.83. The minimum atomic E-state index is 0.190. The number of unbranched alkanes of at least 4 members (excludes halogenated alkanes) is 3. The lowest BCUT2D eigenvalue weighted by atomic mass is 9.95. The molecule has 3 heterocycles. The highest BCUT2D eigenvalue weighted by Gasteiger charge is 2.16. The summed E-state index contributed by atoms with van der Waals surface area (Å²) in [6.45, 7) is 98.4. The predicted octanol–water partition coefficient (Wildman–Crippen LogP) is 27.1. The number of nitrogens with zero attached hydrogens (tertiary/aromatic N) is 9. The second-order valence-electron chi connectivity index (χ2n) is 48.0. The van der Waals surface area contributed by atoms with Crippen LogP contribution in [0.1, 0.15) is 466 Å². The summed E-state index contributed by atoms with van der Waals surface area (Å²) in [5.74, 6) is 15.8. The number of rotatable bonds is 53. The normalized spacial score (nSPS) is 14.6. The Morgan fingerprint density at radius 2 is 0.762 bits per heavy atom. The predicted molar refractivity (Wildman–Crippen MR) is 655 cm³/mol. The minimum absolute atomic E-state index is 0.190. The van der Waals surface area contributed by atoms with Gasteiger partial charge < -0.3 is 85.3 Å². The van der Waals surface area contributed by atoms with Crippen LogP contribution < -0.4 is 61.0 Å². The van der Waals surface area contributed by atoms with Crippen LogP contribution in [-0.4, -0.2) is 259 Å². The molecule has 22 nitrogen and oxygen atoms in total. The molecule has 2 saturated carbocycles. The Hall–Kier alpha value is -3.29. The molecule has 4 fully saturated rings. The van der Waals surface area contributed by atoms with Gasteiger partial charge in [0.25, 0.3) is 0 Å². The van der Waals surface area contributed by atoms with Gasteiger partial charge in [0.1, 0.15) is 0 Å². The van der Waals surface area contributed by atoms with Gasteiger partial charge in [0.15, 0.2) is 5.96 Å². The van der Waals surface area contributed by atoms with Crippen molar-refractivity contribution in [1.82, 2.24) is 51.1 Å². The minimum Gasteiger partial charge on any atom is -0.388 e. The molecule has 0 unspecified atom stereocenters. The third-order valence-corrected chi connectivity index (χ3v) is 24.2. The monoisotopic (exact) mass is 2040 g/mol. The SMILES string of the molecule is CC(C)C.CC(C)CCC(=N)N.CC(C)CCC1=NCCN1.CC(C)CCCCN.CC(C)CCCCN.CC(C)CCCCN(C)C.CC(C)CCCN(C)C.CC(C)CCCNC1CCCCC1.CC(C)CCCNC1CCCCC1.CC(C)CCN1CCNCC1.CC(C)CCN1CCOCC1.CC(C)CCN=C(N)N.CCN(CC)CCC(C)C.CN=C(CCC(C)C)NC.CN=C(N)CCC(C)C. The lowest BCUT2D eigenvalue weighted by Crippen LogP contribution is -2.43. The summed E-state index contributed by atoms with van der Waals surface area (Å²) in [5.41, 5.74) is 31.4. The summed E-state index contributed by atoms with van der Waals surface area (Å²) < 4.78 is 5.26. The number of ether oxygens (including phenoxy) is 1. The van der Waals surface area contributed by atoms with Crippen LogP contribution in [0, 0.1) is 94.2 Å². The molecular weight excluding hydrogens is 1760 g/mol. The van der Waals surface area contributed by atoms with Crippen LogP contribution in [-0.2, 0) is 4.74 Å². The molecule has 0 atom stereocenters. The second-order valence-corrected chi connectivity index (χ2v) is 48.0. The average Bonchev–Trinajstić information content (AvgIpc) is 1.86. The molecule has 868 valence electrons. The molecule has 0 bridgehead atoms. The number of morpholine rings is 1. The molecule has 5 rings (SSSR count). The van der Waals surface area contributed by atoms with E-state index in [0.29, 0.717) is 17.7 Å². The fraction of sp³-hybridized carbons (Fsp3) is 0.959. The highest BCUT2D eigenvalue weighted by atomic mass is 16.5. The van der Waals surface area contributed by atoms with Crippen molar-refractivity contribution in [1.29, 1.82) is 5.41 Å². The number of nitrogens with one attached hydrogen (secondary N) is 6. The van der Waals surface area contributed by atoms with Gasteiger partial charge in [-0.2, -0.15) is 0 Å². The van der Waals surface area contributed by atoms with E-state index in [-0.39, 0.29) is 5.96 Å². The van der Waals surface area contributed by atoms with E-state index in [2.05, 4.69) is 328 Å². The Kier molecular flexibility index (Phi) is 137. The highest BCUT2D eigenvalue weighted by Crippen LogP contribution is 2.20. The maximum atomic E-state index is 6.87. The Bertz CT molecular complexity index is 2400. The molecule has 0 aromatic rings. The van der Waals surface area contributed by atoms with Crippen molar-refractivity contribution in [2.24, 2.45) is 143 Å². The van der Waals surface area contributed by atoms with Gasteiger partial charge in [-0.3, -0.25) is 30.3 Å². The maximum absolute atomic E-state index is 6.87. The van der Waals surface area contributed by atoms with Crippen molar-refractivity contribution in [3.63, 3.8) is 0 Å². The van der Waals surface area contributed by atoms with E-state index in [1.807, 2.05) is 14.1 Å². The molecule has 3 aliphatic heterocycles. The topological polar surface area (TPSA) is 315 Å². The summed E-state index contributed by atoms with van der Waals surface area (Å²) in [6.07, 6.45) is 47.9. The van der Waals surface area contributed by atoms with Gasteiger partial charge in [-0.15, -0.1) is 0 Å². The molecular formula is C121H273N21O. The Balaban J connectivity index is -0.000000166. The maximum Gasteiger partial charge on any atom is 0.185 e. The number of guanidine groups is 1. The van der Waals surface area contributed by atoms with Crippen molar-refractivity contribution >= 4 is 29.3 Å². The zero-order chi connectivity index (χ0) is 111. The molecule has 2 saturated heterocycles. The molecule has 0 amide bonds. The molecule has 22 heteroatoms. The van der Waals surface area contributed by atoms with Crippen LogP contribution in [0.4, 0.5) is 0 Å². The molecule has 0 aromatic heterocycles. The quantitative estimate of drug-likeness (QED) is 0.0153. The van der Waals surface area contributed by atoms with Crippen molar-refractivity contribution in [2.45, 2.75) is 478 Å². The fourth-order valence-corrected chi connectivity index (χ4v) is 14.3. The average molecular weight is 2040 g/mol. The Morgan fingerprint density at radius 3 is 1.08 bits per heavy atom. The van der Waals surface area contributed by atoms with E-state index in [1.165, 1.54) is 284 Å². The van der Waals surface area contributed by atoms with Gasteiger partial charge in [0.2, 0.25) is 0 Å². The number of aliphatic imine (C=N–C) groups is 4. The van der Waals surface area contributed by atoms with Crippen LogP contribution in [0.5, 0.6) is 0 Å². The van der Waals surface area contributed by atoms with Gasteiger partial charge in [-0.05, 0) is 324 Å². The number of hydrogen-bond acceptors (Lipinski definition) is 17. The first-order chi connectivity index (χ1) is 67.3. The zero-order valence-corrected chi connectivity index (χ0v) is 105. The summed E-state index contributed by atoms with van der Waals surface area (Å²) in [5, 5.41) is 23.9. The van der Waals surface area contributed by atoms with Crippen LogP contribution in [0.3, 0.4) is 0 Å². The smallest absolute Gasteiger partial charge is 0.185 e. The van der Waals surface area contributed by atoms with Gasteiger partial charge in [-0.25, -0.2) is 0 Å². The number of nitrogens with two attached hydrogens (primary N) is 6. The molecule has 143 heavy (non-hydrogen) atoms. The van der Waals surface area contributed by atoms with Gasteiger partial charge in [0, 0.05) is 111 Å². The van der Waals surface area contributed by atoms with Crippen molar-refractivity contribution in [3.8, 4) is 0 Å². The first kappa shape index (κ1) is 160. The van der Waals surface area contributed by atoms with Crippen molar-refractivity contribution in [3.05, 3.63) is 0 Å². The Morgan fingerprint density at radius 1 is 0.413 bits per heavy atom.